The first-order valence-corrected chi connectivity index (χ1v) is 9.42. The molecule has 0 saturated heterocycles. The number of carbonyl (C=O) groups excluding carboxylic acids is 1. The fraction of sp³-hybridized carbons (Fsp3) is 0.550. The maximum Gasteiger partial charge on any atom is 0.249 e. The first-order chi connectivity index (χ1) is 13.5. The monoisotopic (exact) mass is 389 g/mol. The van der Waals surface area contributed by atoms with Crippen molar-refractivity contribution in [2.75, 3.05) is 21.3 Å². The van der Waals surface area contributed by atoms with Gasteiger partial charge in [0.15, 0.2) is 11.5 Å². The van der Waals surface area contributed by atoms with E-state index in [1.165, 1.54) is 0 Å². The molecule has 0 radical (unpaired) electrons. The number of amides is 1. The topological polar surface area (TPSA) is 95.7 Å². The van der Waals surface area contributed by atoms with E-state index < -0.39 is 0 Å². The summed E-state index contributed by atoms with van der Waals surface area (Å²) in [5, 5.41) is 7.15. The Kier molecular flexibility index (Phi) is 6.06. The van der Waals surface area contributed by atoms with E-state index in [0.29, 0.717) is 34.5 Å². The van der Waals surface area contributed by atoms with Gasteiger partial charge in [-0.05, 0) is 30.9 Å². The van der Waals surface area contributed by atoms with Gasteiger partial charge in [-0.3, -0.25) is 4.79 Å². The normalized spacial score (nSPS) is 15.1. The van der Waals surface area contributed by atoms with Crippen LogP contribution in [-0.2, 0) is 4.79 Å². The largest absolute Gasteiger partial charge is 0.493 e. The minimum Gasteiger partial charge on any atom is -0.493 e. The molecule has 0 aliphatic heterocycles. The van der Waals surface area contributed by atoms with Crippen LogP contribution in [0.4, 0.5) is 0 Å². The van der Waals surface area contributed by atoms with Crippen molar-refractivity contribution in [2.24, 2.45) is 11.8 Å². The van der Waals surface area contributed by atoms with Crippen molar-refractivity contribution in [1.29, 1.82) is 0 Å². The number of carbonyl (C=O) groups is 1. The molecule has 0 unspecified atom stereocenters. The number of benzene rings is 1. The Morgan fingerprint density at radius 3 is 2.25 bits per heavy atom. The molecular formula is C20H27N3O5. The van der Waals surface area contributed by atoms with Gasteiger partial charge >= 0.3 is 0 Å². The van der Waals surface area contributed by atoms with Gasteiger partial charge in [0.25, 0.3) is 0 Å². The molecule has 1 atom stereocenters. The Balaban J connectivity index is 1.88. The molecule has 1 saturated carbocycles. The summed E-state index contributed by atoms with van der Waals surface area (Å²) >= 11 is 0. The first-order valence-electron chi connectivity index (χ1n) is 9.42. The summed E-state index contributed by atoms with van der Waals surface area (Å²) in [4.78, 5) is 16.9. The quantitative estimate of drug-likeness (QED) is 0.739. The molecule has 2 aromatic rings. The minimum absolute atomic E-state index is 0.0532. The minimum atomic E-state index is -0.337. The second-order valence-electron chi connectivity index (χ2n) is 7.23. The van der Waals surface area contributed by atoms with Crippen LogP contribution >= 0.6 is 0 Å². The number of nitrogens with zero attached hydrogens (tertiary/aromatic N) is 2. The zero-order valence-electron chi connectivity index (χ0n) is 16.9. The SMILES string of the molecule is COc1cc(-c2noc([C@@H](NC(=O)C3CCC3)C(C)C)n2)cc(OC)c1OC. The van der Waals surface area contributed by atoms with Crippen LogP contribution in [0.15, 0.2) is 16.7 Å². The Morgan fingerprint density at radius 1 is 1.14 bits per heavy atom. The Morgan fingerprint density at radius 2 is 1.79 bits per heavy atom. The fourth-order valence-corrected chi connectivity index (χ4v) is 3.14. The highest BCUT2D eigenvalue weighted by atomic mass is 16.5. The second-order valence-corrected chi connectivity index (χ2v) is 7.23. The summed E-state index contributed by atoms with van der Waals surface area (Å²) in [5.41, 5.74) is 0.664. The molecule has 1 amide bonds. The lowest BCUT2D eigenvalue weighted by molar-refractivity contribution is -0.128. The Bertz CT molecular complexity index is 804. The Hall–Kier alpha value is -2.77. The second kappa shape index (κ2) is 8.50. The molecule has 3 rings (SSSR count). The summed E-state index contributed by atoms with van der Waals surface area (Å²) in [5.74, 6) is 2.52. The first kappa shape index (κ1) is 20.0. The molecule has 28 heavy (non-hydrogen) atoms. The number of hydrogen-bond acceptors (Lipinski definition) is 7. The van der Waals surface area contributed by atoms with E-state index in [1.54, 1.807) is 33.5 Å². The predicted octanol–water partition coefficient (Wildman–Crippen LogP) is 3.38. The third-order valence-corrected chi connectivity index (χ3v) is 5.07. The van der Waals surface area contributed by atoms with E-state index >= 15 is 0 Å². The molecule has 8 nitrogen and oxygen atoms in total. The van der Waals surface area contributed by atoms with Crippen molar-refractivity contribution >= 4 is 5.91 Å². The van der Waals surface area contributed by atoms with Crippen LogP contribution in [0.5, 0.6) is 17.2 Å². The van der Waals surface area contributed by atoms with Crippen LogP contribution in [-0.4, -0.2) is 37.4 Å². The lowest BCUT2D eigenvalue weighted by atomic mass is 9.84. The summed E-state index contributed by atoms with van der Waals surface area (Å²) in [6.07, 6.45) is 2.99. The van der Waals surface area contributed by atoms with Gasteiger partial charge in [0.1, 0.15) is 6.04 Å². The molecule has 1 aromatic carbocycles. The highest BCUT2D eigenvalue weighted by molar-refractivity contribution is 5.79. The number of nitrogens with one attached hydrogen (secondary N) is 1. The van der Waals surface area contributed by atoms with Crippen LogP contribution in [0, 0.1) is 11.8 Å². The summed E-state index contributed by atoms with van der Waals surface area (Å²) in [6.45, 7) is 4.02. The van der Waals surface area contributed by atoms with Gasteiger partial charge < -0.3 is 24.1 Å². The van der Waals surface area contributed by atoms with Crippen molar-refractivity contribution in [3.05, 3.63) is 18.0 Å². The van der Waals surface area contributed by atoms with Crippen LogP contribution < -0.4 is 19.5 Å². The summed E-state index contributed by atoms with van der Waals surface area (Å²) in [6, 6.07) is 3.18. The maximum absolute atomic E-state index is 12.4. The van der Waals surface area contributed by atoms with Crippen molar-refractivity contribution in [2.45, 2.75) is 39.2 Å². The third kappa shape index (κ3) is 3.90. The van der Waals surface area contributed by atoms with Gasteiger partial charge in [0, 0.05) is 11.5 Å². The molecule has 1 aliphatic rings. The highest BCUT2D eigenvalue weighted by Crippen LogP contribution is 2.40. The zero-order chi connectivity index (χ0) is 20.3. The molecule has 8 heteroatoms. The smallest absolute Gasteiger partial charge is 0.249 e. The predicted molar refractivity (Wildman–Crippen MR) is 102 cm³/mol. The zero-order valence-corrected chi connectivity index (χ0v) is 16.9. The third-order valence-electron chi connectivity index (χ3n) is 5.07. The summed E-state index contributed by atoms with van der Waals surface area (Å²) in [7, 11) is 4.64. The lowest BCUT2D eigenvalue weighted by Crippen LogP contribution is -2.38. The van der Waals surface area contributed by atoms with Crippen LogP contribution in [0.3, 0.4) is 0 Å². The van der Waals surface area contributed by atoms with Gasteiger partial charge in [-0.1, -0.05) is 25.4 Å². The van der Waals surface area contributed by atoms with E-state index in [2.05, 4.69) is 15.5 Å². The van der Waals surface area contributed by atoms with Gasteiger partial charge in [-0.15, -0.1) is 0 Å². The lowest BCUT2D eigenvalue weighted by Gasteiger charge is -2.27. The molecule has 1 heterocycles. The molecule has 1 aromatic heterocycles. The average molecular weight is 389 g/mol. The van der Waals surface area contributed by atoms with Gasteiger partial charge in [0.05, 0.1) is 21.3 Å². The van der Waals surface area contributed by atoms with Gasteiger partial charge in [-0.25, -0.2) is 0 Å². The molecule has 1 fully saturated rings. The molecular weight excluding hydrogens is 362 g/mol. The molecule has 1 aliphatic carbocycles. The van der Waals surface area contributed by atoms with Crippen LogP contribution in [0.2, 0.25) is 0 Å². The molecule has 0 bridgehead atoms. The average Bonchev–Trinajstić information content (AvgIpc) is 3.12. The van der Waals surface area contributed by atoms with Crippen molar-refractivity contribution in [3.63, 3.8) is 0 Å². The molecule has 0 spiro atoms. The highest BCUT2D eigenvalue weighted by Gasteiger charge is 2.31. The van der Waals surface area contributed by atoms with E-state index in [0.717, 1.165) is 19.3 Å². The molecule has 1 N–H and O–H groups in total. The number of aromatic nitrogens is 2. The molecule has 152 valence electrons. The van der Waals surface area contributed by atoms with E-state index in [9.17, 15) is 4.79 Å². The van der Waals surface area contributed by atoms with E-state index in [-0.39, 0.29) is 23.8 Å². The number of ether oxygens (including phenoxy) is 3. The maximum atomic E-state index is 12.4. The Labute approximate surface area is 164 Å². The van der Waals surface area contributed by atoms with Gasteiger partial charge in [-0.2, -0.15) is 4.98 Å². The van der Waals surface area contributed by atoms with Crippen molar-refractivity contribution < 1.29 is 23.5 Å². The number of rotatable bonds is 8. The van der Waals surface area contributed by atoms with E-state index in [1.807, 2.05) is 13.8 Å². The standard InChI is InChI=1S/C20H27N3O5/c1-11(2)16(21-19(24)12-7-6-8-12)20-22-18(23-28-20)13-9-14(25-3)17(27-5)15(10-13)26-4/h9-12,16H,6-8H2,1-5H3,(H,21,24)/t16-/m0/s1. The van der Waals surface area contributed by atoms with Crippen molar-refractivity contribution in [3.8, 4) is 28.6 Å². The van der Waals surface area contributed by atoms with Crippen molar-refractivity contribution in [1.82, 2.24) is 15.5 Å². The fourth-order valence-electron chi connectivity index (χ4n) is 3.14. The van der Waals surface area contributed by atoms with Crippen LogP contribution in [0.1, 0.15) is 45.0 Å². The van der Waals surface area contributed by atoms with Crippen LogP contribution in [0.25, 0.3) is 11.4 Å². The summed E-state index contributed by atoms with van der Waals surface area (Å²) < 4.78 is 21.6. The van der Waals surface area contributed by atoms with Gasteiger partial charge in [0.2, 0.25) is 23.4 Å². The number of hydrogen-bond donors (Lipinski definition) is 1. The number of methoxy groups -OCH3 is 3. The van der Waals surface area contributed by atoms with E-state index in [4.69, 9.17) is 18.7 Å².